The third-order valence-electron chi connectivity index (χ3n) is 4.63. The highest BCUT2D eigenvalue weighted by Gasteiger charge is 2.15. The van der Waals surface area contributed by atoms with Crippen LogP contribution in [0.15, 0.2) is 24.4 Å². The van der Waals surface area contributed by atoms with Gasteiger partial charge in [0.15, 0.2) is 5.82 Å². The maximum absolute atomic E-state index is 12.3. The van der Waals surface area contributed by atoms with Gasteiger partial charge in [0.25, 0.3) is 0 Å². The lowest BCUT2D eigenvalue weighted by Crippen LogP contribution is -2.41. The number of aryl methyl sites for hydroxylation is 1. The van der Waals surface area contributed by atoms with E-state index in [9.17, 15) is 4.79 Å². The van der Waals surface area contributed by atoms with Crippen molar-refractivity contribution in [2.24, 2.45) is 7.05 Å². The Labute approximate surface area is 156 Å². The van der Waals surface area contributed by atoms with E-state index < -0.39 is 0 Å². The van der Waals surface area contributed by atoms with Gasteiger partial charge in [0.05, 0.1) is 25.3 Å². The molecule has 0 aromatic carbocycles. The summed E-state index contributed by atoms with van der Waals surface area (Å²) < 4.78 is 7.19. The van der Waals surface area contributed by atoms with Crippen LogP contribution >= 0.6 is 0 Å². The summed E-state index contributed by atoms with van der Waals surface area (Å²) in [7, 11) is 1.90. The van der Waals surface area contributed by atoms with Crippen molar-refractivity contribution < 1.29 is 9.53 Å². The van der Waals surface area contributed by atoms with E-state index in [2.05, 4.69) is 30.4 Å². The molecular weight excluding hydrogens is 346 g/mol. The molecule has 1 aliphatic rings. The Morgan fingerprint density at radius 3 is 2.81 bits per heavy atom. The molecule has 0 bridgehead atoms. The molecule has 3 aromatic heterocycles. The first-order chi connectivity index (χ1) is 13.1. The van der Waals surface area contributed by atoms with Crippen molar-refractivity contribution in [2.45, 2.75) is 6.92 Å². The van der Waals surface area contributed by atoms with E-state index in [0.717, 1.165) is 35.5 Å². The number of nitrogens with one attached hydrogen (secondary N) is 1. The number of carbonyl (C=O) groups excluding carboxylic acids is 1. The average Bonchev–Trinajstić information content (AvgIpc) is 3.01. The molecule has 27 heavy (non-hydrogen) atoms. The fourth-order valence-corrected chi connectivity index (χ4v) is 2.98. The van der Waals surface area contributed by atoms with E-state index in [1.807, 2.05) is 30.7 Å². The molecule has 0 spiro atoms. The van der Waals surface area contributed by atoms with E-state index in [1.54, 1.807) is 12.3 Å². The number of pyridine rings is 2. The van der Waals surface area contributed by atoms with E-state index in [1.165, 1.54) is 0 Å². The van der Waals surface area contributed by atoms with Gasteiger partial charge >= 0.3 is 0 Å². The second-order valence-corrected chi connectivity index (χ2v) is 6.53. The Kier molecular flexibility index (Phi) is 4.78. The van der Waals surface area contributed by atoms with Gasteiger partial charge in [-0.1, -0.05) is 0 Å². The molecule has 140 valence electrons. The van der Waals surface area contributed by atoms with Crippen molar-refractivity contribution in [3.63, 3.8) is 0 Å². The minimum Gasteiger partial charge on any atom is -0.379 e. The van der Waals surface area contributed by atoms with Crippen LogP contribution in [0.1, 0.15) is 5.82 Å². The fourth-order valence-electron chi connectivity index (χ4n) is 2.98. The van der Waals surface area contributed by atoms with E-state index >= 15 is 0 Å². The highest BCUT2D eigenvalue weighted by atomic mass is 16.5. The van der Waals surface area contributed by atoms with E-state index in [4.69, 9.17) is 4.74 Å². The van der Waals surface area contributed by atoms with Crippen molar-refractivity contribution in [2.75, 3.05) is 38.2 Å². The molecule has 1 N–H and O–H groups in total. The maximum atomic E-state index is 12.3. The third kappa shape index (κ3) is 3.79. The molecule has 4 rings (SSSR count). The molecular formula is C18H21N7O2. The molecule has 9 heteroatoms. The summed E-state index contributed by atoms with van der Waals surface area (Å²) in [5.41, 5.74) is 1.47. The molecule has 0 atom stereocenters. The first kappa shape index (κ1) is 17.5. The predicted octanol–water partition coefficient (Wildman–Crippen LogP) is 1.00. The maximum Gasteiger partial charge on any atom is 0.239 e. The summed E-state index contributed by atoms with van der Waals surface area (Å²) in [6.07, 6.45) is 1.71. The zero-order chi connectivity index (χ0) is 18.8. The quantitative estimate of drug-likeness (QED) is 0.735. The number of amides is 1. The van der Waals surface area contributed by atoms with Crippen molar-refractivity contribution in [1.82, 2.24) is 29.6 Å². The smallest absolute Gasteiger partial charge is 0.239 e. The number of rotatable bonds is 4. The molecule has 3 aromatic rings. The number of ether oxygens (including phenoxy) is 1. The minimum atomic E-state index is -0.0937. The van der Waals surface area contributed by atoms with Gasteiger partial charge in [-0.3, -0.25) is 9.69 Å². The predicted molar refractivity (Wildman–Crippen MR) is 100 cm³/mol. The number of nitrogens with zero attached hydrogens (tertiary/aromatic N) is 6. The van der Waals surface area contributed by atoms with Gasteiger partial charge in [-0.25, -0.2) is 9.97 Å². The van der Waals surface area contributed by atoms with Crippen molar-refractivity contribution in [3.05, 3.63) is 30.2 Å². The first-order valence-electron chi connectivity index (χ1n) is 8.83. The monoisotopic (exact) mass is 367 g/mol. The summed E-state index contributed by atoms with van der Waals surface area (Å²) in [6, 6.07) is 5.61. The lowest BCUT2D eigenvalue weighted by atomic mass is 10.2. The number of anilines is 1. The number of carbonyl (C=O) groups is 1. The molecule has 1 aliphatic heterocycles. The SMILES string of the molecule is Cc1nnc(-c2ccc3cnc(NC(=O)CN4CCOCC4)cc3n2)n1C. The van der Waals surface area contributed by atoms with Crippen LogP contribution < -0.4 is 5.32 Å². The van der Waals surface area contributed by atoms with Crippen LogP contribution in [0.3, 0.4) is 0 Å². The second-order valence-electron chi connectivity index (χ2n) is 6.53. The summed E-state index contributed by atoms with van der Waals surface area (Å²) in [6.45, 7) is 5.07. The molecule has 0 aliphatic carbocycles. The lowest BCUT2D eigenvalue weighted by molar-refractivity contribution is -0.118. The van der Waals surface area contributed by atoms with Gasteiger partial charge in [0, 0.05) is 37.8 Å². The standard InChI is InChI=1S/C18H21N7O2/c1-12-22-23-18(24(12)2)14-4-3-13-10-19-16(9-15(13)20-14)21-17(26)11-25-5-7-27-8-6-25/h3-4,9-10H,5-8,11H2,1-2H3,(H,19,21,26). The lowest BCUT2D eigenvalue weighted by Gasteiger charge is -2.25. The Balaban J connectivity index is 1.53. The van der Waals surface area contributed by atoms with Crippen LogP contribution in [-0.2, 0) is 16.6 Å². The van der Waals surface area contributed by atoms with Crippen LogP contribution in [0.4, 0.5) is 5.82 Å². The summed E-state index contributed by atoms with van der Waals surface area (Å²) in [4.78, 5) is 23.3. The van der Waals surface area contributed by atoms with Crippen LogP contribution in [0.2, 0.25) is 0 Å². The Bertz CT molecular complexity index is 979. The average molecular weight is 367 g/mol. The van der Waals surface area contributed by atoms with Crippen molar-refractivity contribution in [3.8, 4) is 11.5 Å². The highest BCUT2D eigenvalue weighted by Crippen LogP contribution is 2.21. The fraction of sp³-hybridized carbons (Fsp3) is 0.389. The molecule has 0 radical (unpaired) electrons. The summed E-state index contributed by atoms with van der Waals surface area (Å²) in [5, 5.41) is 12.0. The summed E-state index contributed by atoms with van der Waals surface area (Å²) >= 11 is 0. The van der Waals surface area contributed by atoms with E-state index in [0.29, 0.717) is 31.4 Å². The Hall–Kier alpha value is -2.91. The topological polar surface area (TPSA) is 98.1 Å². The highest BCUT2D eigenvalue weighted by molar-refractivity contribution is 5.93. The molecule has 1 amide bonds. The molecule has 1 saturated heterocycles. The summed E-state index contributed by atoms with van der Waals surface area (Å²) in [5.74, 6) is 1.91. The van der Waals surface area contributed by atoms with E-state index in [-0.39, 0.29) is 5.91 Å². The van der Waals surface area contributed by atoms with Crippen LogP contribution in [0.25, 0.3) is 22.4 Å². The zero-order valence-corrected chi connectivity index (χ0v) is 15.3. The molecule has 0 unspecified atom stereocenters. The largest absolute Gasteiger partial charge is 0.379 e. The Morgan fingerprint density at radius 2 is 2.07 bits per heavy atom. The van der Waals surface area contributed by atoms with Gasteiger partial charge in [0.2, 0.25) is 5.91 Å². The number of aromatic nitrogens is 5. The minimum absolute atomic E-state index is 0.0937. The van der Waals surface area contributed by atoms with Gasteiger partial charge in [-0.2, -0.15) is 0 Å². The molecule has 0 saturated carbocycles. The Morgan fingerprint density at radius 1 is 1.26 bits per heavy atom. The number of morpholine rings is 1. The molecule has 9 nitrogen and oxygen atoms in total. The van der Waals surface area contributed by atoms with Crippen molar-refractivity contribution in [1.29, 1.82) is 0 Å². The second kappa shape index (κ2) is 7.37. The first-order valence-corrected chi connectivity index (χ1v) is 8.83. The number of hydrogen-bond acceptors (Lipinski definition) is 7. The van der Waals surface area contributed by atoms with Gasteiger partial charge < -0.3 is 14.6 Å². The van der Waals surface area contributed by atoms with Crippen LogP contribution in [0, 0.1) is 6.92 Å². The number of hydrogen-bond donors (Lipinski definition) is 1. The zero-order valence-electron chi connectivity index (χ0n) is 15.3. The van der Waals surface area contributed by atoms with Gasteiger partial charge in [0.1, 0.15) is 17.3 Å². The molecule has 1 fully saturated rings. The van der Waals surface area contributed by atoms with Crippen LogP contribution in [0.5, 0.6) is 0 Å². The normalized spacial score (nSPS) is 15.2. The molecule has 4 heterocycles. The van der Waals surface area contributed by atoms with Crippen molar-refractivity contribution >= 4 is 22.6 Å². The van der Waals surface area contributed by atoms with Crippen LogP contribution in [-0.4, -0.2) is 68.4 Å². The van der Waals surface area contributed by atoms with Gasteiger partial charge in [-0.05, 0) is 19.1 Å². The third-order valence-corrected chi connectivity index (χ3v) is 4.63. The number of fused-ring (bicyclic) bond motifs is 1. The van der Waals surface area contributed by atoms with Gasteiger partial charge in [-0.15, -0.1) is 10.2 Å².